The first-order valence-electron chi connectivity index (χ1n) is 11.6. The van der Waals surface area contributed by atoms with Gasteiger partial charge in [0.1, 0.15) is 6.54 Å². The van der Waals surface area contributed by atoms with Crippen LogP contribution in [-0.2, 0) is 11.3 Å². The molecule has 4 aromatic rings. The third-order valence-electron chi connectivity index (χ3n) is 6.26. The molecule has 1 aliphatic rings. The third kappa shape index (κ3) is 4.66. The Labute approximate surface area is 197 Å². The lowest BCUT2D eigenvalue weighted by molar-refractivity contribution is 0.121. The number of methoxy groups -OCH3 is 1. The SMILES string of the molecule is COC[C@H](C)Nc1ncc2c(-c3cnn(Cc4nc(C)no4)c3)cc([C@H]3CC[C@H](O)CC3)n2n1. The predicted octanol–water partition coefficient (Wildman–Crippen LogP) is 2.80. The van der Waals surface area contributed by atoms with E-state index in [1.807, 2.05) is 30.0 Å². The lowest BCUT2D eigenvalue weighted by Crippen LogP contribution is -2.23. The molecule has 11 heteroatoms. The van der Waals surface area contributed by atoms with Crippen LogP contribution in [0.4, 0.5) is 5.95 Å². The summed E-state index contributed by atoms with van der Waals surface area (Å²) in [6.07, 6.45) is 8.89. The molecule has 0 aromatic carbocycles. The van der Waals surface area contributed by atoms with Crippen molar-refractivity contribution in [2.45, 2.75) is 64.1 Å². The van der Waals surface area contributed by atoms with E-state index in [0.717, 1.165) is 48.0 Å². The molecular weight excluding hydrogens is 436 g/mol. The zero-order valence-corrected chi connectivity index (χ0v) is 19.7. The second-order valence-corrected chi connectivity index (χ2v) is 9.03. The minimum Gasteiger partial charge on any atom is -0.393 e. The van der Waals surface area contributed by atoms with Gasteiger partial charge in [-0.2, -0.15) is 10.1 Å². The van der Waals surface area contributed by atoms with Gasteiger partial charge in [-0.1, -0.05) is 5.16 Å². The number of hydrogen-bond acceptors (Lipinski definition) is 9. The van der Waals surface area contributed by atoms with Crippen LogP contribution < -0.4 is 5.32 Å². The molecule has 0 radical (unpaired) electrons. The quantitative estimate of drug-likeness (QED) is 0.403. The Hall–Kier alpha value is -3.31. The van der Waals surface area contributed by atoms with E-state index in [-0.39, 0.29) is 12.1 Å². The molecule has 1 fully saturated rings. The number of aliphatic hydroxyl groups excluding tert-OH is 1. The number of ether oxygens (including phenoxy) is 1. The van der Waals surface area contributed by atoms with Gasteiger partial charge in [0.05, 0.1) is 30.6 Å². The van der Waals surface area contributed by atoms with Gasteiger partial charge in [-0.15, -0.1) is 5.10 Å². The van der Waals surface area contributed by atoms with Gasteiger partial charge in [-0.05, 0) is 45.6 Å². The fourth-order valence-corrected chi connectivity index (χ4v) is 4.62. The normalized spacial score (nSPS) is 19.5. The van der Waals surface area contributed by atoms with Crippen molar-refractivity contribution in [2.24, 2.45) is 0 Å². The van der Waals surface area contributed by atoms with Crippen molar-refractivity contribution in [2.75, 3.05) is 19.0 Å². The number of rotatable bonds is 8. The summed E-state index contributed by atoms with van der Waals surface area (Å²) in [4.78, 5) is 8.82. The van der Waals surface area contributed by atoms with Gasteiger partial charge in [0.2, 0.25) is 11.8 Å². The van der Waals surface area contributed by atoms with Crippen LogP contribution in [0.5, 0.6) is 0 Å². The molecule has 180 valence electrons. The monoisotopic (exact) mass is 466 g/mol. The van der Waals surface area contributed by atoms with Gasteiger partial charge >= 0.3 is 0 Å². The highest BCUT2D eigenvalue weighted by Gasteiger charge is 2.26. The van der Waals surface area contributed by atoms with E-state index in [2.05, 4.69) is 31.6 Å². The maximum Gasteiger partial charge on any atom is 0.248 e. The Morgan fingerprint density at radius 3 is 2.82 bits per heavy atom. The van der Waals surface area contributed by atoms with E-state index in [9.17, 15) is 5.11 Å². The number of nitrogens with zero attached hydrogens (tertiary/aromatic N) is 7. The molecule has 1 atom stereocenters. The maximum absolute atomic E-state index is 10.0. The fourth-order valence-electron chi connectivity index (χ4n) is 4.62. The summed E-state index contributed by atoms with van der Waals surface area (Å²) >= 11 is 0. The van der Waals surface area contributed by atoms with E-state index in [1.54, 1.807) is 18.7 Å². The van der Waals surface area contributed by atoms with Crippen LogP contribution in [0, 0.1) is 6.92 Å². The molecule has 2 N–H and O–H groups in total. The molecule has 0 spiro atoms. The second-order valence-electron chi connectivity index (χ2n) is 9.03. The first kappa shape index (κ1) is 22.5. The molecule has 34 heavy (non-hydrogen) atoms. The number of nitrogens with one attached hydrogen (secondary N) is 1. The summed E-state index contributed by atoms with van der Waals surface area (Å²) < 4.78 is 14.2. The van der Waals surface area contributed by atoms with Crippen molar-refractivity contribution >= 4 is 11.5 Å². The first-order chi connectivity index (χ1) is 16.5. The zero-order valence-electron chi connectivity index (χ0n) is 19.7. The van der Waals surface area contributed by atoms with Gasteiger partial charge < -0.3 is 19.7 Å². The Bertz CT molecular complexity index is 1250. The Balaban J connectivity index is 1.50. The van der Waals surface area contributed by atoms with E-state index in [1.165, 1.54) is 0 Å². The highest BCUT2D eigenvalue weighted by atomic mass is 16.5. The minimum absolute atomic E-state index is 0.0809. The van der Waals surface area contributed by atoms with E-state index in [4.69, 9.17) is 14.4 Å². The van der Waals surface area contributed by atoms with Gasteiger partial charge in [0.15, 0.2) is 5.82 Å². The summed E-state index contributed by atoms with van der Waals surface area (Å²) in [6, 6.07) is 2.27. The number of hydrogen-bond donors (Lipinski definition) is 2. The van der Waals surface area contributed by atoms with Crippen LogP contribution >= 0.6 is 0 Å². The van der Waals surface area contributed by atoms with Crippen LogP contribution in [0.25, 0.3) is 16.6 Å². The molecular formula is C23H30N8O3. The molecule has 0 saturated heterocycles. The molecule has 0 unspecified atom stereocenters. The van der Waals surface area contributed by atoms with Crippen LogP contribution in [-0.4, -0.2) is 65.5 Å². The molecule has 0 aliphatic heterocycles. The molecule has 0 amide bonds. The second kappa shape index (κ2) is 9.51. The summed E-state index contributed by atoms with van der Waals surface area (Å²) in [5.74, 6) is 1.99. The topological polar surface area (TPSA) is 128 Å². The number of aryl methyl sites for hydroxylation is 1. The summed E-state index contributed by atoms with van der Waals surface area (Å²) in [7, 11) is 1.68. The van der Waals surface area contributed by atoms with Crippen LogP contribution in [0.1, 0.15) is 55.9 Å². The lowest BCUT2D eigenvalue weighted by atomic mass is 9.85. The van der Waals surface area contributed by atoms with Crippen LogP contribution in [0.3, 0.4) is 0 Å². The van der Waals surface area contributed by atoms with Crippen LogP contribution in [0.15, 0.2) is 29.2 Å². The standard InChI is InChI=1S/C23H30N8O3/c1-14(13-33-3)26-23-24-10-21-19(8-20(31(21)28-23)16-4-6-18(32)7-5-16)17-9-25-30(11-17)12-22-27-15(2)29-34-22/h8-11,14,16,18,32H,4-7,12-13H2,1-3H3,(H,26,28)/t14-,16-,18-/m0/s1. The van der Waals surface area contributed by atoms with Gasteiger partial charge in [0, 0.05) is 42.1 Å². The zero-order chi connectivity index (χ0) is 23.7. The maximum atomic E-state index is 10.0. The summed E-state index contributed by atoms with van der Waals surface area (Å²) in [6.45, 7) is 4.78. The predicted molar refractivity (Wildman–Crippen MR) is 125 cm³/mol. The Morgan fingerprint density at radius 2 is 2.09 bits per heavy atom. The molecule has 1 aliphatic carbocycles. The fraction of sp³-hybridized carbons (Fsp3) is 0.522. The van der Waals surface area contributed by atoms with Gasteiger partial charge in [-0.25, -0.2) is 9.50 Å². The van der Waals surface area contributed by atoms with E-state index in [0.29, 0.717) is 36.7 Å². The van der Waals surface area contributed by atoms with Crippen molar-refractivity contribution in [3.63, 3.8) is 0 Å². The molecule has 11 nitrogen and oxygen atoms in total. The Morgan fingerprint density at radius 1 is 1.26 bits per heavy atom. The van der Waals surface area contributed by atoms with Crippen molar-refractivity contribution in [1.82, 2.24) is 34.5 Å². The highest BCUT2D eigenvalue weighted by molar-refractivity contribution is 5.81. The van der Waals surface area contributed by atoms with Gasteiger partial charge in [0.25, 0.3) is 0 Å². The largest absolute Gasteiger partial charge is 0.393 e. The Kier molecular flexibility index (Phi) is 6.29. The van der Waals surface area contributed by atoms with Crippen molar-refractivity contribution in [3.05, 3.63) is 42.1 Å². The van der Waals surface area contributed by atoms with E-state index >= 15 is 0 Å². The molecule has 4 aromatic heterocycles. The molecule has 1 saturated carbocycles. The number of fused-ring (bicyclic) bond motifs is 1. The summed E-state index contributed by atoms with van der Waals surface area (Å²) in [5, 5.41) is 26.5. The minimum atomic E-state index is -0.213. The van der Waals surface area contributed by atoms with Crippen molar-refractivity contribution in [3.8, 4) is 11.1 Å². The molecule has 5 rings (SSSR count). The summed E-state index contributed by atoms with van der Waals surface area (Å²) in [5.41, 5.74) is 4.03. The van der Waals surface area contributed by atoms with Crippen LogP contribution in [0.2, 0.25) is 0 Å². The van der Waals surface area contributed by atoms with Crippen molar-refractivity contribution in [1.29, 1.82) is 0 Å². The average molecular weight is 467 g/mol. The van der Waals surface area contributed by atoms with E-state index < -0.39 is 0 Å². The molecule has 0 bridgehead atoms. The number of aromatic nitrogens is 7. The smallest absolute Gasteiger partial charge is 0.248 e. The number of anilines is 1. The highest BCUT2D eigenvalue weighted by Crippen LogP contribution is 2.37. The average Bonchev–Trinajstić information content (AvgIpc) is 3.53. The van der Waals surface area contributed by atoms with Crippen molar-refractivity contribution < 1.29 is 14.4 Å². The third-order valence-corrected chi connectivity index (χ3v) is 6.26. The molecule has 4 heterocycles. The number of aliphatic hydroxyl groups is 1. The lowest BCUT2D eigenvalue weighted by Gasteiger charge is -2.25. The first-order valence-corrected chi connectivity index (χ1v) is 11.6. The van der Waals surface area contributed by atoms with Gasteiger partial charge in [-0.3, -0.25) is 4.68 Å².